The van der Waals surface area contributed by atoms with Crippen LogP contribution in [0.1, 0.15) is 24.8 Å². The highest BCUT2D eigenvalue weighted by molar-refractivity contribution is 5.71. The third kappa shape index (κ3) is 2.20. The van der Waals surface area contributed by atoms with Crippen molar-refractivity contribution in [3.8, 4) is 0 Å². The fourth-order valence-corrected chi connectivity index (χ4v) is 2.42. The summed E-state index contributed by atoms with van der Waals surface area (Å²) in [7, 11) is 1.79. The lowest BCUT2D eigenvalue weighted by Crippen LogP contribution is -2.10. The summed E-state index contributed by atoms with van der Waals surface area (Å²) in [4.78, 5) is 0. The van der Waals surface area contributed by atoms with Gasteiger partial charge in [0.1, 0.15) is 6.10 Å². The Kier molecular flexibility index (Phi) is 2.86. The van der Waals surface area contributed by atoms with E-state index in [4.69, 9.17) is 4.74 Å². The zero-order valence-corrected chi connectivity index (χ0v) is 10.1. The lowest BCUT2D eigenvalue weighted by Gasteiger charge is -2.23. The number of benzene rings is 1. The molecule has 3 rings (SSSR count). The maximum atomic E-state index is 5.56. The number of ether oxygens (including phenoxy) is 1. The van der Waals surface area contributed by atoms with Crippen LogP contribution in [0.4, 0.5) is 0 Å². The highest BCUT2D eigenvalue weighted by Gasteiger charge is 2.33. The van der Waals surface area contributed by atoms with E-state index in [2.05, 4.69) is 42.5 Å². The molecule has 0 saturated heterocycles. The number of rotatable bonds is 3. The van der Waals surface area contributed by atoms with Crippen molar-refractivity contribution < 1.29 is 4.74 Å². The molecule has 0 bridgehead atoms. The summed E-state index contributed by atoms with van der Waals surface area (Å²) in [5.74, 6) is 0.763. The van der Waals surface area contributed by atoms with Gasteiger partial charge in [-0.05, 0) is 35.5 Å². The maximum Gasteiger partial charge on any atom is 0.126 e. The van der Waals surface area contributed by atoms with Crippen LogP contribution in [0, 0.1) is 12.0 Å². The lowest BCUT2D eigenvalue weighted by atomic mass is 9.89. The van der Waals surface area contributed by atoms with Crippen molar-refractivity contribution in [2.24, 2.45) is 5.92 Å². The minimum Gasteiger partial charge on any atom is -0.370 e. The first-order valence-electron chi connectivity index (χ1n) is 6.25. The van der Waals surface area contributed by atoms with Gasteiger partial charge in [-0.15, -0.1) is 0 Å². The van der Waals surface area contributed by atoms with Gasteiger partial charge in [0.25, 0.3) is 0 Å². The molecule has 1 fully saturated rings. The fourth-order valence-electron chi connectivity index (χ4n) is 2.42. The van der Waals surface area contributed by atoms with Gasteiger partial charge in [-0.2, -0.15) is 0 Å². The van der Waals surface area contributed by atoms with Gasteiger partial charge in [0, 0.05) is 13.5 Å². The van der Waals surface area contributed by atoms with Gasteiger partial charge < -0.3 is 4.74 Å². The molecule has 1 radical (unpaired) electrons. The number of allylic oxidation sites excluding steroid dienone is 2. The Morgan fingerprint density at radius 2 is 1.82 bits per heavy atom. The van der Waals surface area contributed by atoms with Gasteiger partial charge in [-0.1, -0.05) is 42.5 Å². The minimum atomic E-state index is 0.763. The van der Waals surface area contributed by atoms with Crippen LogP contribution >= 0.6 is 0 Å². The van der Waals surface area contributed by atoms with Gasteiger partial charge in [0.2, 0.25) is 0 Å². The van der Waals surface area contributed by atoms with E-state index in [-0.39, 0.29) is 0 Å². The van der Waals surface area contributed by atoms with E-state index < -0.39 is 0 Å². The largest absolute Gasteiger partial charge is 0.370 e. The zero-order valence-electron chi connectivity index (χ0n) is 10.1. The Hall–Kier alpha value is -1.34. The second kappa shape index (κ2) is 4.50. The van der Waals surface area contributed by atoms with Crippen LogP contribution in [0.3, 0.4) is 0 Å². The Labute approximate surface area is 103 Å². The molecule has 0 spiro atoms. The van der Waals surface area contributed by atoms with Gasteiger partial charge >= 0.3 is 0 Å². The zero-order chi connectivity index (χ0) is 11.7. The van der Waals surface area contributed by atoms with Crippen molar-refractivity contribution in [1.29, 1.82) is 0 Å². The van der Waals surface area contributed by atoms with Gasteiger partial charge in [-0.3, -0.25) is 0 Å². The van der Waals surface area contributed by atoms with Crippen LogP contribution < -0.4 is 0 Å². The summed E-state index contributed by atoms with van der Waals surface area (Å²) >= 11 is 0. The Balaban J connectivity index is 1.88. The summed E-state index contributed by atoms with van der Waals surface area (Å²) in [6.45, 7) is 0. The molecular formula is C16H17O. The molecule has 0 N–H and O–H groups in total. The van der Waals surface area contributed by atoms with E-state index in [0.29, 0.717) is 0 Å². The van der Waals surface area contributed by atoms with Crippen LogP contribution in [0.25, 0.3) is 5.57 Å². The van der Waals surface area contributed by atoms with Gasteiger partial charge in [0.05, 0.1) is 0 Å². The third-order valence-corrected chi connectivity index (χ3v) is 3.55. The second-order valence-electron chi connectivity index (χ2n) is 4.76. The summed E-state index contributed by atoms with van der Waals surface area (Å²) < 4.78 is 5.56. The third-order valence-electron chi connectivity index (χ3n) is 3.55. The molecule has 1 saturated carbocycles. The number of hydrogen-bond acceptors (Lipinski definition) is 1. The normalized spacial score (nSPS) is 21.0. The quantitative estimate of drug-likeness (QED) is 0.755. The highest BCUT2D eigenvalue weighted by Crippen LogP contribution is 2.45. The Morgan fingerprint density at radius 1 is 1.06 bits per heavy atom. The molecule has 1 heteroatoms. The molecule has 0 aliphatic heterocycles. The van der Waals surface area contributed by atoms with Crippen LogP contribution in [0.5, 0.6) is 0 Å². The predicted octanol–water partition coefficient (Wildman–Crippen LogP) is 3.99. The molecule has 0 aromatic heterocycles. The first-order chi connectivity index (χ1) is 8.38. The van der Waals surface area contributed by atoms with E-state index in [1.165, 1.54) is 29.6 Å². The number of hydrogen-bond donors (Lipinski definition) is 0. The summed E-state index contributed by atoms with van der Waals surface area (Å²) in [5, 5.41) is 0. The van der Waals surface area contributed by atoms with E-state index in [1.807, 2.05) is 0 Å². The van der Waals surface area contributed by atoms with Crippen molar-refractivity contribution in [2.45, 2.75) is 19.3 Å². The molecule has 0 amide bonds. The summed E-state index contributed by atoms with van der Waals surface area (Å²) in [6, 6.07) is 10.6. The number of methoxy groups -OCH3 is 1. The summed E-state index contributed by atoms with van der Waals surface area (Å²) in [6.07, 6.45) is 9.26. The van der Waals surface area contributed by atoms with Gasteiger partial charge in [-0.25, -0.2) is 0 Å². The van der Waals surface area contributed by atoms with E-state index >= 15 is 0 Å². The monoisotopic (exact) mass is 225 g/mol. The molecule has 0 heterocycles. The van der Waals surface area contributed by atoms with E-state index in [0.717, 1.165) is 18.4 Å². The highest BCUT2D eigenvalue weighted by atomic mass is 16.5. The first kappa shape index (κ1) is 10.8. The van der Waals surface area contributed by atoms with Gasteiger partial charge in [0.15, 0.2) is 0 Å². The van der Waals surface area contributed by atoms with Crippen molar-refractivity contribution in [1.82, 2.24) is 0 Å². The first-order valence-corrected chi connectivity index (χ1v) is 6.25. The maximum absolute atomic E-state index is 5.56. The molecule has 2 aliphatic rings. The average Bonchev–Trinajstić information content (AvgIpc) is 3.23. The van der Waals surface area contributed by atoms with Crippen LogP contribution in [0.2, 0.25) is 0 Å². The fraction of sp³-hybridized carbons (Fsp3) is 0.312. The molecule has 1 aromatic rings. The molecule has 87 valence electrons. The Bertz CT molecular complexity index is 452. The molecular weight excluding hydrogens is 208 g/mol. The second-order valence-corrected chi connectivity index (χ2v) is 4.76. The van der Waals surface area contributed by atoms with E-state index in [9.17, 15) is 0 Å². The van der Waals surface area contributed by atoms with Crippen LogP contribution in [0.15, 0.2) is 48.1 Å². The summed E-state index contributed by atoms with van der Waals surface area (Å²) in [5.41, 5.74) is 4.08. The van der Waals surface area contributed by atoms with Crippen molar-refractivity contribution in [2.75, 3.05) is 7.11 Å². The molecule has 1 nitrogen and oxygen atoms in total. The van der Waals surface area contributed by atoms with Crippen LogP contribution in [-0.2, 0) is 4.74 Å². The van der Waals surface area contributed by atoms with Crippen molar-refractivity contribution >= 4 is 5.57 Å². The topological polar surface area (TPSA) is 9.23 Å². The van der Waals surface area contributed by atoms with E-state index in [1.54, 1.807) is 7.11 Å². The minimum absolute atomic E-state index is 0.763. The molecule has 17 heavy (non-hydrogen) atoms. The molecule has 0 atom stereocenters. The van der Waals surface area contributed by atoms with Crippen molar-refractivity contribution in [3.63, 3.8) is 0 Å². The van der Waals surface area contributed by atoms with Crippen molar-refractivity contribution in [3.05, 3.63) is 59.7 Å². The lowest BCUT2D eigenvalue weighted by molar-refractivity contribution is 0.219. The smallest absolute Gasteiger partial charge is 0.126 e. The SMILES string of the molecule is CO[C]1CC(c2ccccc2)=CC=C1C1CC1. The molecule has 0 unspecified atom stereocenters. The molecule has 1 aromatic carbocycles. The molecule has 2 aliphatic carbocycles. The van der Waals surface area contributed by atoms with Crippen LogP contribution in [-0.4, -0.2) is 7.11 Å². The predicted molar refractivity (Wildman–Crippen MR) is 70.1 cm³/mol. The average molecular weight is 225 g/mol. The standard InChI is InChI=1S/C16H17O/c1-17-16-11-14(12-5-3-2-4-6-12)9-10-15(16)13-7-8-13/h2-6,9-10,13H,7-8,11H2,1H3. The Morgan fingerprint density at radius 3 is 2.47 bits per heavy atom.